The summed E-state index contributed by atoms with van der Waals surface area (Å²) in [5, 5.41) is 0. The van der Waals surface area contributed by atoms with Crippen molar-refractivity contribution in [1.82, 2.24) is 4.90 Å². The number of rotatable bonds is 2. The highest BCUT2D eigenvalue weighted by Crippen LogP contribution is 2.17. The van der Waals surface area contributed by atoms with E-state index >= 15 is 0 Å². The number of aldehydes is 1. The molecule has 1 unspecified atom stereocenters. The van der Waals surface area contributed by atoms with E-state index in [4.69, 9.17) is 0 Å². The van der Waals surface area contributed by atoms with E-state index in [0.29, 0.717) is 12.2 Å². The molecule has 1 heterocycles. The van der Waals surface area contributed by atoms with E-state index in [2.05, 4.69) is 23.7 Å². The molecule has 1 atom stereocenters. The van der Waals surface area contributed by atoms with Gasteiger partial charge < -0.3 is 4.90 Å². The second kappa shape index (κ2) is 4.95. The molecule has 1 aliphatic rings. The van der Waals surface area contributed by atoms with Gasteiger partial charge in [-0.2, -0.15) is 0 Å². The zero-order valence-corrected chi connectivity index (χ0v) is 7.55. The van der Waals surface area contributed by atoms with Gasteiger partial charge in [0.15, 0.2) is 6.29 Å². The highest BCUT2D eigenvalue weighted by atomic mass is 16.1. The maximum Gasteiger partial charge on any atom is 0.192 e. The van der Waals surface area contributed by atoms with E-state index in [9.17, 15) is 4.79 Å². The van der Waals surface area contributed by atoms with Crippen LogP contribution in [0.2, 0.25) is 0 Å². The SMILES string of the molecule is CCN1CCC(CC#CC=O)C1. The Bertz CT molecular complexity index is 202. The first-order valence-corrected chi connectivity index (χ1v) is 4.51. The van der Waals surface area contributed by atoms with Crippen molar-refractivity contribution in [1.29, 1.82) is 0 Å². The van der Waals surface area contributed by atoms with E-state index in [-0.39, 0.29) is 0 Å². The van der Waals surface area contributed by atoms with Gasteiger partial charge in [0.05, 0.1) is 0 Å². The van der Waals surface area contributed by atoms with Gasteiger partial charge in [-0.25, -0.2) is 0 Å². The van der Waals surface area contributed by atoms with Crippen LogP contribution in [-0.4, -0.2) is 30.8 Å². The molecule has 1 rings (SSSR count). The summed E-state index contributed by atoms with van der Waals surface area (Å²) in [4.78, 5) is 12.3. The van der Waals surface area contributed by atoms with Crippen molar-refractivity contribution in [2.75, 3.05) is 19.6 Å². The zero-order valence-electron chi connectivity index (χ0n) is 7.55. The van der Waals surface area contributed by atoms with Gasteiger partial charge in [-0.3, -0.25) is 4.79 Å². The molecule has 2 heteroatoms. The Hall–Kier alpha value is -0.810. The number of carbonyl (C=O) groups is 1. The van der Waals surface area contributed by atoms with Crippen molar-refractivity contribution in [2.45, 2.75) is 19.8 Å². The zero-order chi connectivity index (χ0) is 8.81. The third-order valence-electron chi connectivity index (χ3n) is 2.37. The molecule has 12 heavy (non-hydrogen) atoms. The highest BCUT2D eigenvalue weighted by Gasteiger charge is 2.19. The van der Waals surface area contributed by atoms with E-state index in [0.717, 1.165) is 19.5 Å². The van der Waals surface area contributed by atoms with Crippen molar-refractivity contribution >= 4 is 6.29 Å². The average molecular weight is 165 g/mol. The molecular weight excluding hydrogens is 150 g/mol. The third kappa shape index (κ3) is 2.67. The summed E-state index contributed by atoms with van der Waals surface area (Å²) in [6.45, 7) is 5.67. The first-order chi connectivity index (χ1) is 5.86. The number of likely N-dealkylation sites (tertiary alicyclic amines) is 1. The molecule has 0 radical (unpaired) electrons. The van der Waals surface area contributed by atoms with Crippen molar-refractivity contribution in [3.8, 4) is 11.8 Å². The second-order valence-corrected chi connectivity index (χ2v) is 3.19. The van der Waals surface area contributed by atoms with Gasteiger partial charge in [0.2, 0.25) is 0 Å². The topological polar surface area (TPSA) is 20.3 Å². The fourth-order valence-electron chi connectivity index (χ4n) is 1.61. The minimum Gasteiger partial charge on any atom is -0.303 e. The van der Waals surface area contributed by atoms with Crippen LogP contribution in [0.3, 0.4) is 0 Å². The summed E-state index contributed by atoms with van der Waals surface area (Å²) in [5.74, 6) is 6.03. The summed E-state index contributed by atoms with van der Waals surface area (Å²) in [6, 6.07) is 0. The van der Waals surface area contributed by atoms with Crippen molar-refractivity contribution in [3.05, 3.63) is 0 Å². The van der Waals surface area contributed by atoms with Crippen molar-refractivity contribution in [3.63, 3.8) is 0 Å². The molecule has 0 saturated carbocycles. The van der Waals surface area contributed by atoms with E-state index in [1.54, 1.807) is 0 Å². The summed E-state index contributed by atoms with van der Waals surface area (Å²) in [5.41, 5.74) is 0. The lowest BCUT2D eigenvalue weighted by Gasteiger charge is -2.10. The molecule has 0 bridgehead atoms. The molecule has 1 aliphatic heterocycles. The van der Waals surface area contributed by atoms with Gasteiger partial charge in [0.25, 0.3) is 0 Å². The smallest absolute Gasteiger partial charge is 0.192 e. The first-order valence-electron chi connectivity index (χ1n) is 4.51. The maximum absolute atomic E-state index is 9.92. The molecule has 0 N–H and O–H groups in total. The summed E-state index contributed by atoms with van der Waals surface area (Å²) in [6.07, 6.45) is 2.79. The predicted molar refractivity (Wildman–Crippen MR) is 48.7 cm³/mol. The van der Waals surface area contributed by atoms with Crippen LogP contribution in [0.1, 0.15) is 19.8 Å². The molecule has 0 aliphatic carbocycles. The van der Waals surface area contributed by atoms with Crippen molar-refractivity contribution < 1.29 is 4.79 Å². The van der Waals surface area contributed by atoms with Crippen LogP contribution in [0.25, 0.3) is 0 Å². The van der Waals surface area contributed by atoms with Gasteiger partial charge in [-0.15, -0.1) is 0 Å². The Morgan fingerprint density at radius 2 is 2.50 bits per heavy atom. The average Bonchev–Trinajstić information content (AvgIpc) is 2.53. The van der Waals surface area contributed by atoms with Crippen LogP contribution in [-0.2, 0) is 4.79 Å². The van der Waals surface area contributed by atoms with Crippen LogP contribution >= 0.6 is 0 Å². The fourth-order valence-corrected chi connectivity index (χ4v) is 1.61. The van der Waals surface area contributed by atoms with Gasteiger partial charge in [0, 0.05) is 13.0 Å². The maximum atomic E-state index is 9.92. The van der Waals surface area contributed by atoms with Crippen LogP contribution in [0.4, 0.5) is 0 Å². The minimum atomic E-state index is 0.673. The minimum absolute atomic E-state index is 0.673. The molecule has 2 nitrogen and oxygen atoms in total. The molecule has 0 amide bonds. The Morgan fingerprint density at radius 3 is 3.08 bits per heavy atom. The quantitative estimate of drug-likeness (QED) is 0.448. The molecule has 0 spiro atoms. The van der Waals surface area contributed by atoms with Gasteiger partial charge in [-0.1, -0.05) is 12.8 Å². The molecule has 0 aromatic heterocycles. The summed E-state index contributed by atoms with van der Waals surface area (Å²) in [7, 11) is 0. The molecule has 66 valence electrons. The predicted octanol–water partition coefficient (Wildman–Crippen LogP) is 0.921. The van der Waals surface area contributed by atoms with Crippen molar-refractivity contribution in [2.24, 2.45) is 5.92 Å². The lowest BCUT2D eigenvalue weighted by molar-refractivity contribution is -0.103. The monoisotopic (exact) mass is 165 g/mol. The largest absolute Gasteiger partial charge is 0.303 e. The van der Waals surface area contributed by atoms with Gasteiger partial charge >= 0.3 is 0 Å². The Balaban J connectivity index is 2.23. The van der Waals surface area contributed by atoms with Crippen LogP contribution < -0.4 is 0 Å². The number of nitrogens with zero attached hydrogens (tertiary/aromatic N) is 1. The second-order valence-electron chi connectivity index (χ2n) is 3.19. The molecule has 0 aromatic carbocycles. The molecular formula is C10H15NO. The lowest BCUT2D eigenvalue weighted by Crippen LogP contribution is -2.19. The fraction of sp³-hybridized carbons (Fsp3) is 0.700. The number of hydrogen-bond donors (Lipinski definition) is 0. The Kier molecular flexibility index (Phi) is 3.83. The Labute approximate surface area is 73.9 Å². The van der Waals surface area contributed by atoms with Gasteiger partial charge in [-0.05, 0) is 31.3 Å². The van der Waals surface area contributed by atoms with Crippen LogP contribution in [0.5, 0.6) is 0 Å². The third-order valence-corrected chi connectivity index (χ3v) is 2.37. The lowest BCUT2D eigenvalue weighted by atomic mass is 10.1. The van der Waals surface area contributed by atoms with E-state index in [1.165, 1.54) is 13.0 Å². The number of hydrogen-bond acceptors (Lipinski definition) is 2. The first kappa shape index (κ1) is 9.28. The Morgan fingerprint density at radius 1 is 1.67 bits per heavy atom. The molecule has 0 aromatic rings. The number of carbonyl (C=O) groups excluding carboxylic acids is 1. The molecule has 1 fully saturated rings. The van der Waals surface area contributed by atoms with Crippen LogP contribution in [0, 0.1) is 17.8 Å². The van der Waals surface area contributed by atoms with E-state index < -0.39 is 0 Å². The summed E-state index contributed by atoms with van der Waals surface area (Å²) >= 11 is 0. The summed E-state index contributed by atoms with van der Waals surface area (Å²) < 4.78 is 0. The molecule has 1 saturated heterocycles. The normalized spacial score (nSPS) is 23.2. The van der Waals surface area contributed by atoms with Crippen LogP contribution in [0.15, 0.2) is 0 Å². The highest BCUT2D eigenvalue weighted by molar-refractivity contribution is 5.72. The van der Waals surface area contributed by atoms with E-state index in [1.807, 2.05) is 0 Å². The van der Waals surface area contributed by atoms with Gasteiger partial charge in [0.1, 0.15) is 0 Å². The standard InChI is InChI=1S/C10H15NO/c1-2-11-7-6-10(9-11)5-3-4-8-12/h8,10H,2,5-7,9H2,1H3.